The zero-order chi connectivity index (χ0) is 12.4. The molecule has 0 aromatic heterocycles. The maximum atomic E-state index is 8.89. The Morgan fingerprint density at radius 1 is 1.17 bits per heavy atom. The number of rotatable bonds is 3. The predicted octanol–water partition coefficient (Wildman–Crippen LogP) is 3.23. The monoisotopic (exact) mass is 242 g/mol. The maximum absolute atomic E-state index is 8.89. The molecule has 94 valence electrons. The quantitative estimate of drug-likeness (QED) is 0.895. The Bertz CT molecular complexity index is 548. The van der Waals surface area contributed by atoms with Gasteiger partial charge in [0.15, 0.2) is 0 Å². The highest BCUT2D eigenvalue weighted by Crippen LogP contribution is 2.35. The van der Waals surface area contributed by atoms with Gasteiger partial charge in [0.05, 0.1) is 19.3 Å². The highest BCUT2D eigenvalue weighted by molar-refractivity contribution is 5.84. The third kappa shape index (κ3) is 2.14. The highest BCUT2D eigenvalue weighted by Gasteiger charge is 2.21. The molecule has 0 bridgehead atoms. The van der Waals surface area contributed by atoms with Crippen LogP contribution in [0.2, 0.25) is 0 Å². The standard InChI is InChI=1S/C16H18O2/c17-8-9-18-16-7-3-6-14-10-12-4-1-2-5-13(12)11-15(14)16/h1-2,4-5,10-11,16-17H,3,6-9H2. The second kappa shape index (κ2) is 5.09. The minimum absolute atomic E-state index is 0.0966. The molecule has 2 aromatic rings. The van der Waals surface area contributed by atoms with Gasteiger partial charge in [0.2, 0.25) is 0 Å². The lowest BCUT2D eigenvalue weighted by Crippen LogP contribution is -2.14. The van der Waals surface area contributed by atoms with Crippen molar-refractivity contribution in [2.24, 2.45) is 0 Å². The average molecular weight is 242 g/mol. The van der Waals surface area contributed by atoms with Crippen molar-refractivity contribution < 1.29 is 9.84 Å². The van der Waals surface area contributed by atoms with Crippen LogP contribution < -0.4 is 0 Å². The molecule has 2 heteroatoms. The lowest BCUT2D eigenvalue weighted by molar-refractivity contribution is 0.0184. The molecule has 1 N–H and O–H groups in total. The summed E-state index contributed by atoms with van der Waals surface area (Å²) >= 11 is 0. The first kappa shape index (κ1) is 11.7. The third-order valence-corrected chi connectivity index (χ3v) is 3.68. The summed E-state index contributed by atoms with van der Waals surface area (Å²) in [5.74, 6) is 0. The summed E-state index contributed by atoms with van der Waals surface area (Å²) in [5, 5.41) is 11.5. The van der Waals surface area contributed by atoms with Gasteiger partial charge in [0.1, 0.15) is 0 Å². The van der Waals surface area contributed by atoms with Crippen molar-refractivity contribution in [2.75, 3.05) is 13.2 Å². The van der Waals surface area contributed by atoms with E-state index in [0.717, 1.165) is 12.8 Å². The summed E-state index contributed by atoms with van der Waals surface area (Å²) in [6.45, 7) is 0.524. The van der Waals surface area contributed by atoms with Crippen LogP contribution in [0, 0.1) is 0 Å². The van der Waals surface area contributed by atoms with Crippen LogP contribution in [0.25, 0.3) is 10.8 Å². The number of aryl methyl sites for hydroxylation is 1. The molecule has 0 saturated carbocycles. The molecule has 0 amide bonds. The van der Waals surface area contributed by atoms with Crippen LogP contribution in [0.1, 0.15) is 30.1 Å². The van der Waals surface area contributed by atoms with Crippen LogP contribution in [0.3, 0.4) is 0 Å². The van der Waals surface area contributed by atoms with Crippen LogP contribution in [0.15, 0.2) is 36.4 Å². The van der Waals surface area contributed by atoms with E-state index in [-0.39, 0.29) is 12.7 Å². The van der Waals surface area contributed by atoms with E-state index < -0.39 is 0 Å². The fraction of sp³-hybridized carbons (Fsp3) is 0.375. The Morgan fingerprint density at radius 3 is 2.72 bits per heavy atom. The average Bonchev–Trinajstić information content (AvgIpc) is 2.43. The van der Waals surface area contributed by atoms with Gasteiger partial charge in [-0.15, -0.1) is 0 Å². The van der Waals surface area contributed by atoms with E-state index in [2.05, 4.69) is 36.4 Å². The lowest BCUT2D eigenvalue weighted by Gasteiger charge is -2.26. The van der Waals surface area contributed by atoms with E-state index in [9.17, 15) is 0 Å². The van der Waals surface area contributed by atoms with Gasteiger partial charge >= 0.3 is 0 Å². The van der Waals surface area contributed by atoms with Crippen LogP contribution in [-0.4, -0.2) is 18.3 Å². The molecule has 1 aliphatic carbocycles. The normalized spacial score (nSPS) is 18.8. The molecule has 1 atom stereocenters. The van der Waals surface area contributed by atoms with Gasteiger partial charge in [-0.05, 0) is 47.2 Å². The molecule has 1 aliphatic rings. The molecule has 18 heavy (non-hydrogen) atoms. The van der Waals surface area contributed by atoms with E-state index in [0.29, 0.717) is 6.61 Å². The zero-order valence-corrected chi connectivity index (χ0v) is 10.4. The van der Waals surface area contributed by atoms with Crippen molar-refractivity contribution in [3.8, 4) is 0 Å². The number of hydrogen-bond acceptors (Lipinski definition) is 2. The zero-order valence-electron chi connectivity index (χ0n) is 10.4. The van der Waals surface area contributed by atoms with Gasteiger partial charge in [-0.3, -0.25) is 0 Å². The summed E-state index contributed by atoms with van der Waals surface area (Å²) < 4.78 is 5.76. The first-order valence-corrected chi connectivity index (χ1v) is 6.62. The Morgan fingerprint density at radius 2 is 1.94 bits per heavy atom. The second-order valence-corrected chi connectivity index (χ2v) is 4.87. The van der Waals surface area contributed by atoms with Gasteiger partial charge in [0.25, 0.3) is 0 Å². The molecule has 0 radical (unpaired) electrons. The predicted molar refractivity (Wildman–Crippen MR) is 72.7 cm³/mol. The first-order chi connectivity index (χ1) is 8.88. The number of benzene rings is 2. The fourth-order valence-electron chi connectivity index (χ4n) is 2.82. The molecule has 0 saturated heterocycles. The SMILES string of the molecule is OCCOC1CCCc2cc3ccccc3cc21. The molecule has 0 heterocycles. The van der Waals surface area contributed by atoms with Gasteiger partial charge in [-0.2, -0.15) is 0 Å². The van der Waals surface area contributed by atoms with Crippen LogP contribution in [0.5, 0.6) is 0 Å². The Kier molecular flexibility index (Phi) is 3.31. The summed E-state index contributed by atoms with van der Waals surface area (Å²) in [6, 6.07) is 13.0. The molecule has 0 aliphatic heterocycles. The second-order valence-electron chi connectivity index (χ2n) is 4.87. The van der Waals surface area contributed by atoms with E-state index in [1.807, 2.05) is 0 Å². The Balaban J connectivity index is 2.02. The Hall–Kier alpha value is -1.38. The van der Waals surface area contributed by atoms with E-state index in [1.54, 1.807) is 0 Å². The molecular weight excluding hydrogens is 224 g/mol. The van der Waals surface area contributed by atoms with Crippen LogP contribution >= 0.6 is 0 Å². The highest BCUT2D eigenvalue weighted by atomic mass is 16.5. The summed E-state index contributed by atoms with van der Waals surface area (Å²) in [7, 11) is 0. The molecule has 0 fully saturated rings. The van der Waals surface area contributed by atoms with Gasteiger partial charge < -0.3 is 9.84 Å². The summed E-state index contributed by atoms with van der Waals surface area (Å²) in [6.07, 6.45) is 3.52. The molecule has 0 spiro atoms. The largest absolute Gasteiger partial charge is 0.394 e. The maximum Gasteiger partial charge on any atom is 0.0829 e. The first-order valence-electron chi connectivity index (χ1n) is 6.62. The van der Waals surface area contributed by atoms with Gasteiger partial charge in [-0.1, -0.05) is 30.3 Å². The van der Waals surface area contributed by atoms with Crippen molar-refractivity contribution in [3.05, 3.63) is 47.5 Å². The van der Waals surface area contributed by atoms with Crippen molar-refractivity contribution >= 4 is 10.8 Å². The van der Waals surface area contributed by atoms with E-state index >= 15 is 0 Å². The smallest absolute Gasteiger partial charge is 0.0829 e. The topological polar surface area (TPSA) is 29.5 Å². The van der Waals surface area contributed by atoms with Crippen LogP contribution in [-0.2, 0) is 11.2 Å². The molecular formula is C16H18O2. The number of hydrogen-bond donors (Lipinski definition) is 1. The Labute approximate surface area is 107 Å². The molecule has 3 rings (SSSR count). The summed E-state index contributed by atoms with van der Waals surface area (Å²) in [5.41, 5.74) is 2.72. The van der Waals surface area contributed by atoms with E-state index in [4.69, 9.17) is 9.84 Å². The molecule has 2 nitrogen and oxygen atoms in total. The van der Waals surface area contributed by atoms with E-state index in [1.165, 1.54) is 28.3 Å². The number of fused-ring (bicyclic) bond motifs is 2. The van der Waals surface area contributed by atoms with Crippen LogP contribution in [0.4, 0.5) is 0 Å². The minimum atomic E-state index is 0.0966. The number of aliphatic hydroxyl groups excluding tert-OH is 1. The van der Waals surface area contributed by atoms with Crippen molar-refractivity contribution in [1.29, 1.82) is 0 Å². The minimum Gasteiger partial charge on any atom is -0.394 e. The summed E-state index contributed by atoms with van der Waals surface area (Å²) in [4.78, 5) is 0. The van der Waals surface area contributed by atoms with Crippen molar-refractivity contribution in [3.63, 3.8) is 0 Å². The number of aliphatic hydroxyl groups is 1. The van der Waals surface area contributed by atoms with Crippen molar-refractivity contribution in [1.82, 2.24) is 0 Å². The molecule has 2 aromatic carbocycles. The number of ether oxygens (including phenoxy) is 1. The molecule has 1 unspecified atom stereocenters. The van der Waals surface area contributed by atoms with Gasteiger partial charge in [0, 0.05) is 0 Å². The third-order valence-electron chi connectivity index (χ3n) is 3.68. The van der Waals surface area contributed by atoms with Gasteiger partial charge in [-0.25, -0.2) is 0 Å². The van der Waals surface area contributed by atoms with Crippen molar-refractivity contribution in [2.45, 2.75) is 25.4 Å². The fourth-order valence-corrected chi connectivity index (χ4v) is 2.82. The lowest BCUT2D eigenvalue weighted by atomic mass is 9.87.